The lowest BCUT2D eigenvalue weighted by atomic mass is 9.91. The second-order valence-corrected chi connectivity index (χ2v) is 2.74. The Morgan fingerprint density at radius 2 is 1.30 bits per heavy atom. The molecule has 0 unspecified atom stereocenters. The molecule has 1 saturated carbocycles. The fraction of sp³-hybridized carbons (Fsp3) is 1.00. The van der Waals surface area contributed by atoms with E-state index in [1.165, 1.54) is 32.1 Å². The van der Waals surface area contributed by atoms with Gasteiger partial charge < -0.3 is 0 Å². The fourth-order valence-corrected chi connectivity index (χ4v) is 1.31. The highest BCUT2D eigenvalue weighted by Crippen LogP contribution is 2.21. The summed E-state index contributed by atoms with van der Waals surface area (Å²) < 4.78 is 0. The number of hydrogen-bond donors (Lipinski definition) is 0. The first kappa shape index (κ1) is 13.3. The van der Waals surface area contributed by atoms with E-state index in [2.05, 4.69) is 6.92 Å². The Morgan fingerprint density at radius 1 is 0.900 bits per heavy atom. The van der Waals surface area contributed by atoms with Gasteiger partial charge in [0.05, 0.1) is 0 Å². The zero-order valence-electron chi connectivity index (χ0n) is 7.52. The van der Waals surface area contributed by atoms with Crippen molar-refractivity contribution < 1.29 is 0 Å². The highest BCUT2D eigenvalue weighted by atomic mass is 127. The van der Waals surface area contributed by atoms with Crippen LogP contribution in [0.1, 0.15) is 52.9 Å². The molecule has 0 bridgehead atoms. The van der Waals surface area contributed by atoms with Crippen LogP contribution in [0.25, 0.3) is 0 Å². The average molecular weight is 256 g/mol. The second kappa shape index (κ2) is 9.73. The monoisotopic (exact) mass is 256 g/mol. The van der Waals surface area contributed by atoms with E-state index in [4.69, 9.17) is 0 Å². The Morgan fingerprint density at radius 3 is 1.50 bits per heavy atom. The second-order valence-electron chi connectivity index (χ2n) is 2.74. The molecule has 0 aromatic carbocycles. The summed E-state index contributed by atoms with van der Waals surface area (Å²) in [5, 5.41) is 0. The van der Waals surface area contributed by atoms with Gasteiger partial charge in [-0.05, 0) is 5.92 Å². The summed E-state index contributed by atoms with van der Waals surface area (Å²) in [5.74, 6) is 1.04. The van der Waals surface area contributed by atoms with Crippen LogP contribution >= 0.6 is 24.0 Å². The summed E-state index contributed by atoms with van der Waals surface area (Å²) in [6.45, 7) is 6.36. The lowest BCUT2D eigenvalue weighted by molar-refractivity contribution is 0.385. The van der Waals surface area contributed by atoms with Crippen LogP contribution in [-0.4, -0.2) is 0 Å². The van der Waals surface area contributed by atoms with Crippen molar-refractivity contribution in [1.29, 1.82) is 0 Å². The largest absolute Gasteiger partial charge is 0.107 e. The van der Waals surface area contributed by atoms with Crippen molar-refractivity contribution in [3.8, 4) is 0 Å². The Hall–Kier alpha value is 0.730. The predicted octanol–water partition coefficient (Wildman–Crippen LogP) is 4.23. The van der Waals surface area contributed by atoms with Crippen LogP contribution in [0.2, 0.25) is 0 Å². The molecular weight excluding hydrogens is 235 g/mol. The molecule has 0 heterocycles. The van der Waals surface area contributed by atoms with Crippen molar-refractivity contribution in [1.82, 2.24) is 0 Å². The van der Waals surface area contributed by atoms with Gasteiger partial charge in [0, 0.05) is 0 Å². The zero-order valence-corrected chi connectivity index (χ0v) is 9.85. The third-order valence-electron chi connectivity index (χ3n) is 1.89. The molecule has 1 aliphatic rings. The number of hydrogen-bond acceptors (Lipinski definition) is 0. The molecule has 1 heteroatoms. The van der Waals surface area contributed by atoms with E-state index >= 15 is 0 Å². The standard InChI is InChI=1S/C7H14.C2H6.HI/c1-7-5-3-2-4-6-7;1-2;/h7H,2-6H2,1H3;1-2H3;1H. The SMILES string of the molecule is CC.CC1CCCCC1.I. The summed E-state index contributed by atoms with van der Waals surface area (Å²) in [6, 6.07) is 0. The van der Waals surface area contributed by atoms with E-state index in [0.29, 0.717) is 0 Å². The number of rotatable bonds is 0. The minimum absolute atomic E-state index is 0. The summed E-state index contributed by atoms with van der Waals surface area (Å²) in [4.78, 5) is 0. The van der Waals surface area contributed by atoms with Crippen LogP contribution in [0.15, 0.2) is 0 Å². The maximum atomic E-state index is 2.36. The third-order valence-corrected chi connectivity index (χ3v) is 1.89. The van der Waals surface area contributed by atoms with Crippen LogP contribution in [0.4, 0.5) is 0 Å². The van der Waals surface area contributed by atoms with Crippen molar-refractivity contribution in [2.75, 3.05) is 0 Å². The molecule has 0 spiro atoms. The predicted molar refractivity (Wildman–Crippen MR) is 59.0 cm³/mol. The van der Waals surface area contributed by atoms with Gasteiger partial charge in [0.15, 0.2) is 0 Å². The fourth-order valence-electron chi connectivity index (χ4n) is 1.31. The topological polar surface area (TPSA) is 0 Å². The minimum atomic E-state index is 0. The molecule has 0 amide bonds. The van der Waals surface area contributed by atoms with E-state index in [-0.39, 0.29) is 24.0 Å². The van der Waals surface area contributed by atoms with E-state index in [0.717, 1.165) is 5.92 Å². The van der Waals surface area contributed by atoms with Gasteiger partial charge in [0.25, 0.3) is 0 Å². The van der Waals surface area contributed by atoms with E-state index in [1.807, 2.05) is 13.8 Å². The van der Waals surface area contributed by atoms with Crippen molar-refractivity contribution in [3.05, 3.63) is 0 Å². The highest BCUT2D eigenvalue weighted by Gasteiger charge is 2.05. The Bertz CT molecular complexity index is 46.7. The summed E-state index contributed by atoms with van der Waals surface area (Å²) in [5.41, 5.74) is 0. The Labute approximate surface area is 82.8 Å². The lowest BCUT2D eigenvalue weighted by Crippen LogP contribution is -1.99. The van der Waals surface area contributed by atoms with Crippen LogP contribution in [0.5, 0.6) is 0 Å². The first-order chi connectivity index (χ1) is 4.39. The zero-order chi connectivity index (χ0) is 7.11. The van der Waals surface area contributed by atoms with Crippen molar-refractivity contribution in [2.24, 2.45) is 5.92 Å². The minimum Gasteiger partial charge on any atom is -0.107 e. The lowest BCUT2D eigenvalue weighted by Gasteiger charge is -2.15. The van der Waals surface area contributed by atoms with Crippen LogP contribution < -0.4 is 0 Å². The maximum Gasteiger partial charge on any atom is -0.0443 e. The highest BCUT2D eigenvalue weighted by molar-refractivity contribution is 14.0. The van der Waals surface area contributed by atoms with Gasteiger partial charge in [-0.3, -0.25) is 0 Å². The van der Waals surface area contributed by atoms with Gasteiger partial charge in [-0.15, -0.1) is 24.0 Å². The van der Waals surface area contributed by atoms with Crippen molar-refractivity contribution >= 4 is 24.0 Å². The normalized spacial score (nSPS) is 18.3. The van der Waals surface area contributed by atoms with Crippen molar-refractivity contribution in [3.63, 3.8) is 0 Å². The van der Waals surface area contributed by atoms with Gasteiger partial charge in [0.1, 0.15) is 0 Å². The average Bonchev–Trinajstić information content (AvgIpc) is 1.94. The molecule has 1 aliphatic carbocycles. The van der Waals surface area contributed by atoms with Crippen LogP contribution in [0.3, 0.4) is 0 Å². The molecule has 1 rings (SSSR count). The van der Waals surface area contributed by atoms with Gasteiger partial charge >= 0.3 is 0 Å². The van der Waals surface area contributed by atoms with Gasteiger partial charge in [-0.1, -0.05) is 52.9 Å². The molecule has 10 heavy (non-hydrogen) atoms. The van der Waals surface area contributed by atoms with Gasteiger partial charge in [0.2, 0.25) is 0 Å². The van der Waals surface area contributed by atoms with E-state index in [1.54, 1.807) is 0 Å². The Balaban J connectivity index is 0. The summed E-state index contributed by atoms with van der Waals surface area (Å²) in [7, 11) is 0. The molecule has 0 aromatic heterocycles. The molecular formula is C9H21I. The van der Waals surface area contributed by atoms with Gasteiger partial charge in [-0.25, -0.2) is 0 Å². The molecule has 0 nitrogen and oxygen atoms in total. The maximum absolute atomic E-state index is 2.36. The van der Waals surface area contributed by atoms with E-state index in [9.17, 15) is 0 Å². The first-order valence-electron chi connectivity index (χ1n) is 4.39. The molecule has 0 aromatic rings. The first-order valence-corrected chi connectivity index (χ1v) is 4.39. The van der Waals surface area contributed by atoms with Crippen molar-refractivity contribution in [2.45, 2.75) is 52.9 Å². The van der Waals surface area contributed by atoms with Gasteiger partial charge in [-0.2, -0.15) is 0 Å². The smallest absolute Gasteiger partial charge is 0.0443 e. The molecule has 64 valence electrons. The summed E-state index contributed by atoms with van der Waals surface area (Å²) >= 11 is 0. The molecule has 0 radical (unpaired) electrons. The van der Waals surface area contributed by atoms with Crippen LogP contribution in [0, 0.1) is 5.92 Å². The number of halogens is 1. The summed E-state index contributed by atoms with van der Waals surface area (Å²) in [6.07, 6.45) is 7.44. The molecule has 0 saturated heterocycles. The molecule has 0 N–H and O–H groups in total. The molecule has 0 aliphatic heterocycles. The third kappa shape index (κ3) is 6.84. The Kier molecular flexibility index (Phi) is 13.0. The van der Waals surface area contributed by atoms with Crippen LogP contribution in [-0.2, 0) is 0 Å². The molecule has 1 fully saturated rings. The quantitative estimate of drug-likeness (QED) is 0.569. The van der Waals surface area contributed by atoms with E-state index < -0.39 is 0 Å². The molecule has 0 atom stereocenters.